The average Bonchev–Trinajstić information content (AvgIpc) is 2.91. The molecule has 2 amide bonds. The number of rotatable bonds is 4. The first kappa shape index (κ1) is 24.6. The molecule has 0 aliphatic carbocycles. The van der Waals surface area contributed by atoms with E-state index >= 15 is 0 Å². The van der Waals surface area contributed by atoms with Crippen molar-refractivity contribution in [3.63, 3.8) is 0 Å². The molecule has 1 aliphatic rings. The minimum atomic E-state index is -0.566. The number of nitrogens with one attached hydrogen (secondary N) is 1. The molecular weight excluding hydrogens is 434 g/mol. The second-order valence-corrected chi connectivity index (χ2v) is 8.58. The highest BCUT2D eigenvalue weighted by Gasteiger charge is 2.25. The van der Waals surface area contributed by atoms with Gasteiger partial charge in [0, 0.05) is 29.8 Å². The summed E-state index contributed by atoms with van der Waals surface area (Å²) in [6.45, 7) is 5.57. The fourth-order valence-electron chi connectivity index (χ4n) is 3.38. The molecule has 0 fully saturated rings. The Labute approximate surface area is 199 Å². The quantitative estimate of drug-likeness (QED) is 0.702. The van der Waals surface area contributed by atoms with E-state index in [4.69, 9.17) is 14.2 Å². The molecule has 1 heterocycles. The van der Waals surface area contributed by atoms with Crippen molar-refractivity contribution < 1.29 is 23.8 Å². The molecule has 2 aromatic carbocycles. The number of carbonyl (C=O) groups is 2. The minimum absolute atomic E-state index is 0.0147. The number of ether oxygens (including phenoxy) is 3. The van der Waals surface area contributed by atoms with Gasteiger partial charge in [-0.2, -0.15) is 0 Å². The number of alkyl carbamates (subject to hydrolysis) is 1. The van der Waals surface area contributed by atoms with E-state index in [9.17, 15) is 9.59 Å². The number of carbonyl (C=O) groups excluding carboxylic acids is 2. The summed E-state index contributed by atoms with van der Waals surface area (Å²) in [5.41, 5.74) is 3.08. The summed E-state index contributed by atoms with van der Waals surface area (Å²) in [4.78, 5) is 30.5. The van der Waals surface area contributed by atoms with E-state index in [0.717, 1.165) is 16.7 Å². The zero-order valence-corrected chi connectivity index (χ0v) is 20.3. The zero-order chi connectivity index (χ0) is 24.9. The van der Waals surface area contributed by atoms with Gasteiger partial charge in [0.25, 0.3) is 0 Å². The summed E-state index contributed by atoms with van der Waals surface area (Å²) in [5, 5.41) is 2.61. The largest absolute Gasteiger partial charge is 0.493 e. The van der Waals surface area contributed by atoms with Gasteiger partial charge in [-0.25, -0.2) is 4.79 Å². The number of anilines is 1. The number of benzodiazepines with no additional fused rings is 1. The number of amides is 2. The van der Waals surface area contributed by atoms with Crippen LogP contribution in [0.5, 0.6) is 11.5 Å². The summed E-state index contributed by atoms with van der Waals surface area (Å²) in [6, 6.07) is 11.2. The van der Waals surface area contributed by atoms with Crippen LogP contribution in [-0.4, -0.2) is 57.7 Å². The molecule has 0 radical (unpaired) electrons. The predicted molar refractivity (Wildman–Crippen MR) is 131 cm³/mol. The molecular formula is C26H29N3O5. The van der Waals surface area contributed by atoms with Crippen LogP contribution in [0.4, 0.5) is 10.5 Å². The first-order valence-electron chi connectivity index (χ1n) is 10.8. The number of hydrogen-bond donors (Lipinski definition) is 1. The lowest BCUT2D eigenvalue weighted by molar-refractivity contribution is -0.116. The van der Waals surface area contributed by atoms with E-state index in [1.165, 1.54) is 0 Å². The van der Waals surface area contributed by atoms with E-state index in [1.54, 1.807) is 53.0 Å². The third-order valence-electron chi connectivity index (χ3n) is 4.95. The van der Waals surface area contributed by atoms with Crippen LogP contribution in [-0.2, 0) is 9.53 Å². The topological polar surface area (TPSA) is 89.5 Å². The SMILES string of the molecule is COc1cc2c(cc1OC)N(C)C(=O)CN=C2c1cccc(C#CCNC(=O)OC(C)(C)C)c1. The zero-order valence-electron chi connectivity index (χ0n) is 20.3. The third-order valence-corrected chi connectivity index (χ3v) is 4.95. The second kappa shape index (κ2) is 10.3. The molecule has 3 rings (SSSR count). The lowest BCUT2D eigenvalue weighted by Gasteiger charge is -2.20. The molecule has 2 aromatic rings. The number of nitrogens with zero attached hydrogens (tertiary/aromatic N) is 2. The summed E-state index contributed by atoms with van der Waals surface area (Å²) >= 11 is 0. The third kappa shape index (κ3) is 5.87. The number of likely N-dealkylation sites (N-methyl/N-ethyl adjacent to an activating group) is 1. The molecule has 8 nitrogen and oxygen atoms in total. The molecule has 1 aliphatic heterocycles. The Kier molecular flexibility index (Phi) is 7.47. The van der Waals surface area contributed by atoms with Gasteiger partial charge in [0.2, 0.25) is 5.91 Å². The Bertz CT molecular complexity index is 1190. The molecule has 34 heavy (non-hydrogen) atoms. The van der Waals surface area contributed by atoms with Gasteiger partial charge in [-0.3, -0.25) is 9.79 Å². The average molecular weight is 464 g/mol. The fraction of sp³-hybridized carbons (Fsp3) is 0.346. The van der Waals surface area contributed by atoms with Gasteiger partial charge in [-0.15, -0.1) is 0 Å². The number of aliphatic imine (C=N–C) groups is 1. The van der Waals surface area contributed by atoms with E-state index in [0.29, 0.717) is 22.9 Å². The second-order valence-electron chi connectivity index (χ2n) is 8.58. The van der Waals surface area contributed by atoms with Crippen molar-refractivity contribution in [3.05, 3.63) is 53.1 Å². The standard InChI is InChI=1S/C26H29N3O5/c1-26(2,3)34-25(31)27-12-8-10-17-9-7-11-18(13-17)24-19-14-21(32-5)22(33-6)15-20(19)29(4)23(30)16-28-24/h7,9,11,13-15H,12,16H2,1-6H3,(H,27,31). The highest BCUT2D eigenvalue weighted by atomic mass is 16.6. The van der Waals surface area contributed by atoms with Crippen molar-refractivity contribution in [1.29, 1.82) is 0 Å². The van der Waals surface area contributed by atoms with Crippen LogP contribution in [0, 0.1) is 11.8 Å². The van der Waals surface area contributed by atoms with Gasteiger partial charge in [0.1, 0.15) is 12.1 Å². The summed E-state index contributed by atoms with van der Waals surface area (Å²) in [6.07, 6.45) is -0.516. The van der Waals surface area contributed by atoms with Gasteiger partial charge in [-0.1, -0.05) is 24.0 Å². The Morgan fingerprint density at radius 2 is 1.85 bits per heavy atom. The van der Waals surface area contributed by atoms with Crippen molar-refractivity contribution in [2.75, 3.05) is 39.3 Å². The first-order valence-corrected chi connectivity index (χ1v) is 10.8. The van der Waals surface area contributed by atoms with Crippen LogP contribution in [0.3, 0.4) is 0 Å². The maximum Gasteiger partial charge on any atom is 0.408 e. The Balaban J connectivity index is 1.90. The molecule has 0 spiro atoms. The number of hydrogen-bond acceptors (Lipinski definition) is 6. The van der Waals surface area contributed by atoms with Crippen LogP contribution in [0.15, 0.2) is 41.4 Å². The molecule has 0 saturated carbocycles. The Morgan fingerprint density at radius 1 is 1.15 bits per heavy atom. The maximum atomic E-state index is 12.6. The molecule has 8 heteroatoms. The molecule has 0 saturated heterocycles. The van der Waals surface area contributed by atoms with Gasteiger partial charge in [-0.05, 0) is 39.0 Å². The molecule has 0 atom stereocenters. The molecule has 0 aromatic heterocycles. The fourth-order valence-corrected chi connectivity index (χ4v) is 3.38. The van der Waals surface area contributed by atoms with Crippen molar-refractivity contribution in [3.8, 4) is 23.3 Å². The minimum Gasteiger partial charge on any atom is -0.493 e. The number of fused-ring (bicyclic) bond motifs is 1. The van der Waals surface area contributed by atoms with Gasteiger partial charge < -0.3 is 24.4 Å². The smallest absolute Gasteiger partial charge is 0.408 e. The number of benzene rings is 2. The van der Waals surface area contributed by atoms with Crippen molar-refractivity contribution in [2.24, 2.45) is 4.99 Å². The summed E-state index contributed by atoms with van der Waals surface area (Å²) < 4.78 is 16.1. The van der Waals surface area contributed by atoms with Gasteiger partial charge >= 0.3 is 6.09 Å². The molecule has 0 unspecified atom stereocenters. The van der Waals surface area contributed by atoms with E-state index in [-0.39, 0.29) is 19.0 Å². The number of methoxy groups -OCH3 is 2. The molecule has 0 bridgehead atoms. The Hall–Kier alpha value is -3.99. The summed E-state index contributed by atoms with van der Waals surface area (Å²) in [5.74, 6) is 6.91. The maximum absolute atomic E-state index is 12.6. The van der Waals surface area contributed by atoms with E-state index in [2.05, 4.69) is 22.2 Å². The highest BCUT2D eigenvalue weighted by molar-refractivity contribution is 6.20. The van der Waals surface area contributed by atoms with Crippen LogP contribution in [0.25, 0.3) is 0 Å². The van der Waals surface area contributed by atoms with E-state index < -0.39 is 11.7 Å². The van der Waals surface area contributed by atoms with Crippen LogP contribution in [0.2, 0.25) is 0 Å². The van der Waals surface area contributed by atoms with Crippen LogP contribution in [0.1, 0.15) is 37.5 Å². The van der Waals surface area contributed by atoms with Gasteiger partial charge in [0.15, 0.2) is 11.5 Å². The lowest BCUT2D eigenvalue weighted by atomic mass is 9.98. The van der Waals surface area contributed by atoms with E-state index in [1.807, 2.05) is 30.3 Å². The lowest BCUT2D eigenvalue weighted by Crippen LogP contribution is -2.32. The monoisotopic (exact) mass is 463 g/mol. The van der Waals surface area contributed by atoms with Crippen LogP contribution < -0.4 is 19.7 Å². The van der Waals surface area contributed by atoms with Gasteiger partial charge in [0.05, 0.1) is 32.2 Å². The normalized spacial score (nSPS) is 13.1. The van der Waals surface area contributed by atoms with Crippen molar-refractivity contribution >= 4 is 23.4 Å². The Morgan fingerprint density at radius 3 is 2.53 bits per heavy atom. The predicted octanol–water partition coefficient (Wildman–Crippen LogP) is 3.39. The van der Waals surface area contributed by atoms with Crippen LogP contribution >= 0.6 is 0 Å². The van der Waals surface area contributed by atoms with Crippen molar-refractivity contribution in [1.82, 2.24) is 5.32 Å². The molecule has 178 valence electrons. The van der Waals surface area contributed by atoms with Crippen molar-refractivity contribution in [2.45, 2.75) is 26.4 Å². The molecule has 1 N–H and O–H groups in total. The summed E-state index contributed by atoms with van der Waals surface area (Å²) in [7, 11) is 4.83. The highest BCUT2D eigenvalue weighted by Crippen LogP contribution is 2.37. The first-order chi connectivity index (χ1) is 16.1.